The SMILES string of the molecule is Cc1cccc(C)c1-n1c(N)c(C(=O)Nc2ccc([N+](=O)[O-])cc2)sc1=S. The molecule has 0 spiro atoms. The predicted octanol–water partition coefficient (Wildman–Crippen LogP) is 4.63. The van der Waals surface area contributed by atoms with Crippen LogP contribution in [-0.2, 0) is 0 Å². The number of non-ortho nitro benzene ring substituents is 1. The number of nitrogens with one attached hydrogen (secondary N) is 1. The van der Waals surface area contributed by atoms with Gasteiger partial charge in [-0.2, -0.15) is 0 Å². The van der Waals surface area contributed by atoms with Crippen LogP contribution in [0.5, 0.6) is 0 Å². The molecule has 0 aliphatic rings. The average molecular weight is 400 g/mol. The lowest BCUT2D eigenvalue weighted by atomic mass is 10.1. The summed E-state index contributed by atoms with van der Waals surface area (Å²) in [6, 6.07) is 11.4. The minimum atomic E-state index is -0.500. The van der Waals surface area contributed by atoms with E-state index in [1.807, 2.05) is 32.0 Å². The first-order valence-corrected chi connectivity index (χ1v) is 9.15. The van der Waals surface area contributed by atoms with Crippen LogP contribution in [0.15, 0.2) is 42.5 Å². The fraction of sp³-hybridized carbons (Fsp3) is 0.111. The van der Waals surface area contributed by atoms with Crippen molar-refractivity contribution in [3.05, 3.63) is 72.5 Å². The summed E-state index contributed by atoms with van der Waals surface area (Å²) in [6.07, 6.45) is 0. The van der Waals surface area contributed by atoms with E-state index in [2.05, 4.69) is 5.32 Å². The van der Waals surface area contributed by atoms with Crippen molar-refractivity contribution in [2.24, 2.45) is 0 Å². The molecule has 138 valence electrons. The van der Waals surface area contributed by atoms with Gasteiger partial charge in [0.15, 0.2) is 3.95 Å². The van der Waals surface area contributed by atoms with Crippen LogP contribution in [0.25, 0.3) is 5.69 Å². The predicted molar refractivity (Wildman–Crippen MR) is 109 cm³/mol. The average Bonchev–Trinajstić information content (AvgIpc) is 2.90. The van der Waals surface area contributed by atoms with Crippen molar-refractivity contribution < 1.29 is 9.72 Å². The standard InChI is InChI=1S/C18H16N4O3S2/c1-10-4-3-5-11(2)14(10)21-16(19)15(27-18(21)26)17(23)20-12-6-8-13(9-7-12)22(24)25/h3-9H,19H2,1-2H3,(H,20,23). The van der Waals surface area contributed by atoms with E-state index in [0.717, 1.165) is 28.2 Å². The number of aromatic nitrogens is 1. The number of hydrogen-bond acceptors (Lipinski definition) is 6. The summed E-state index contributed by atoms with van der Waals surface area (Å²) in [5.41, 5.74) is 9.49. The Morgan fingerprint density at radius 3 is 2.33 bits per heavy atom. The van der Waals surface area contributed by atoms with Gasteiger partial charge in [0, 0.05) is 17.8 Å². The Bertz CT molecular complexity index is 1080. The Morgan fingerprint density at radius 2 is 1.78 bits per heavy atom. The number of carbonyl (C=O) groups excluding carboxylic acids is 1. The number of nitrogens with zero attached hydrogens (tertiary/aromatic N) is 2. The Hall–Kier alpha value is -3.04. The number of benzene rings is 2. The fourth-order valence-corrected chi connectivity index (χ4v) is 4.01. The summed E-state index contributed by atoms with van der Waals surface area (Å²) in [7, 11) is 0. The summed E-state index contributed by atoms with van der Waals surface area (Å²) in [4.78, 5) is 23.2. The summed E-state index contributed by atoms with van der Waals surface area (Å²) in [5.74, 6) is -0.149. The van der Waals surface area contributed by atoms with Crippen molar-refractivity contribution in [2.45, 2.75) is 13.8 Å². The maximum Gasteiger partial charge on any atom is 0.269 e. The number of nitro benzene ring substituents is 1. The van der Waals surface area contributed by atoms with Gasteiger partial charge in [0.05, 0.1) is 10.6 Å². The van der Waals surface area contributed by atoms with Crippen LogP contribution in [0.4, 0.5) is 17.2 Å². The first-order valence-electron chi connectivity index (χ1n) is 7.93. The number of nitrogen functional groups attached to an aromatic ring is 1. The first-order chi connectivity index (χ1) is 12.8. The highest BCUT2D eigenvalue weighted by Gasteiger charge is 2.20. The Labute approximate surface area is 164 Å². The van der Waals surface area contributed by atoms with E-state index in [4.69, 9.17) is 18.0 Å². The summed E-state index contributed by atoms with van der Waals surface area (Å²) in [5, 5.41) is 13.4. The van der Waals surface area contributed by atoms with Crippen LogP contribution in [0.1, 0.15) is 20.8 Å². The number of thiazole rings is 1. The zero-order chi connectivity index (χ0) is 19.7. The second kappa shape index (κ2) is 7.29. The Kier molecular flexibility index (Phi) is 5.06. The van der Waals surface area contributed by atoms with E-state index in [1.54, 1.807) is 4.57 Å². The Morgan fingerprint density at radius 1 is 1.19 bits per heavy atom. The molecule has 0 atom stereocenters. The third kappa shape index (κ3) is 3.60. The molecule has 27 heavy (non-hydrogen) atoms. The van der Waals surface area contributed by atoms with Gasteiger partial charge >= 0.3 is 0 Å². The Balaban J connectivity index is 1.95. The third-order valence-electron chi connectivity index (χ3n) is 4.05. The van der Waals surface area contributed by atoms with Gasteiger partial charge in [-0.25, -0.2) is 0 Å². The van der Waals surface area contributed by atoms with E-state index < -0.39 is 10.8 Å². The highest BCUT2D eigenvalue weighted by molar-refractivity contribution is 7.73. The van der Waals surface area contributed by atoms with Gasteiger partial charge in [-0.05, 0) is 49.3 Å². The number of hydrogen-bond donors (Lipinski definition) is 2. The zero-order valence-corrected chi connectivity index (χ0v) is 16.2. The van der Waals surface area contributed by atoms with Gasteiger partial charge in [0.25, 0.3) is 11.6 Å². The molecule has 1 aromatic heterocycles. The summed E-state index contributed by atoms with van der Waals surface area (Å²) < 4.78 is 2.17. The van der Waals surface area contributed by atoms with Crippen molar-refractivity contribution in [3.63, 3.8) is 0 Å². The van der Waals surface area contributed by atoms with Gasteiger partial charge in [-0.15, -0.1) is 0 Å². The highest BCUT2D eigenvalue weighted by Crippen LogP contribution is 2.30. The number of amides is 1. The van der Waals surface area contributed by atoms with Gasteiger partial charge in [-0.3, -0.25) is 19.5 Å². The molecule has 0 saturated heterocycles. The number of nitrogens with two attached hydrogens (primary N) is 1. The largest absolute Gasteiger partial charge is 0.383 e. The lowest BCUT2D eigenvalue weighted by molar-refractivity contribution is -0.384. The molecule has 0 aliphatic carbocycles. The summed E-state index contributed by atoms with van der Waals surface area (Å²) >= 11 is 6.56. The van der Waals surface area contributed by atoms with Crippen LogP contribution in [0.3, 0.4) is 0 Å². The molecule has 7 nitrogen and oxygen atoms in total. The molecule has 3 aromatic rings. The smallest absolute Gasteiger partial charge is 0.269 e. The quantitative estimate of drug-likeness (QED) is 0.378. The molecular formula is C18H16N4O3S2. The number of nitro groups is 1. The van der Waals surface area contributed by atoms with Crippen LogP contribution < -0.4 is 11.1 Å². The van der Waals surface area contributed by atoms with Gasteiger partial charge in [0.2, 0.25) is 0 Å². The van der Waals surface area contributed by atoms with E-state index in [0.29, 0.717) is 14.5 Å². The maximum absolute atomic E-state index is 12.6. The number of carbonyl (C=O) groups is 1. The molecular weight excluding hydrogens is 384 g/mol. The second-order valence-corrected chi connectivity index (χ2v) is 7.56. The van der Waals surface area contributed by atoms with Crippen molar-refractivity contribution in [1.82, 2.24) is 4.57 Å². The molecule has 1 heterocycles. The van der Waals surface area contributed by atoms with E-state index in [-0.39, 0.29) is 11.5 Å². The maximum atomic E-state index is 12.6. The molecule has 0 fully saturated rings. The third-order valence-corrected chi connectivity index (χ3v) is 5.44. The molecule has 0 radical (unpaired) electrons. The van der Waals surface area contributed by atoms with Gasteiger partial charge < -0.3 is 11.1 Å². The molecule has 1 amide bonds. The van der Waals surface area contributed by atoms with E-state index >= 15 is 0 Å². The lowest BCUT2D eigenvalue weighted by Gasteiger charge is -2.13. The zero-order valence-electron chi connectivity index (χ0n) is 14.6. The van der Waals surface area contributed by atoms with Crippen LogP contribution in [0.2, 0.25) is 0 Å². The molecule has 0 aliphatic heterocycles. The van der Waals surface area contributed by atoms with Crippen molar-refractivity contribution in [1.29, 1.82) is 0 Å². The number of para-hydroxylation sites is 1. The lowest BCUT2D eigenvalue weighted by Crippen LogP contribution is -2.14. The van der Waals surface area contributed by atoms with Gasteiger partial charge in [-0.1, -0.05) is 29.5 Å². The number of anilines is 2. The molecule has 3 N–H and O–H groups in total. The summed E-state index contributed by atoms with van der Waals surface area (Å²) in [6.45, 7) is 3.91. The normalized spacial score (nSPS) is 10.6. The first kappa shape index (κ1) is 18.7. The molecule has 0 bridgehead atoms. The highest BCUT2D eigenvalue weighted by atomic mass is 32.1. The fourth-order valence-electron chi connectivity index (χ4n) is 2.77. The molecule has 2 aromatic carbocycles. The van der Waals surface area contributed by atoms with Gasteiger partial charge in [0.1, 0.15) is 10.7 Å². The minimum absolute atomic E-state index is 0.0515. The van der Waals surface area contributed by atoms with Crippen molar-refractivity contribution >= 4 is 46.7 Å². The van der Waals surface area contributed by atoms with E-state index in [9.17, 15) is 14.9 Å². The van der Waals surface area contributed by atoms with E-state index in [1.165, 1.54) is 24.3 Å². The van der Waals surface area contributed by atoms with Crippen molar-refractivity contribution in [3.8, 4) is 5.69 Å². The number of rotatable bonds is 4. The topological polar surface area (TPSA) is 103 Å². The minimum Gasteiger partial charge on any atom is -0.383 e. The van der Waals surface area contributed by atoms with Crippen LogP contribution >= 0.6 is 23.6 Å². The molecule has 0 unspecified atom stereocenters. The second-order valence-electron chi connectivity index (χ2n) is 5.92. The van der Waals surface area contributed by atoms with Crippen LogP contribution in [-0.4, -0.2) is 15.4 Å². The molecule has 0 saturated carbocycles. The number of aryl methyl sites for hydroxylation is 2. The molecule has 9 heteroatoms. The molecule has 3 rings (SSSR count). The van der Waals surface area contributed by atoms with Crippen molar-refractivity contribution in [2.75, 3.05) is 11.1 Å². The van der Waals surface area contributed by atoms with Crippen LogP contribution in [0, 0.1) is 27.9 Å². The monoisotopic (exact) mass is 400 g/mol.